The molecule has 0 atom stereocenters. The van der Waals surface area contributed by atoms with Gasteiger partial charge in [-0.1, -0.05) is 42.5 Å². The molecule has 0 aliphatic rings. The van der Waals surface area contributed by atoms with E-state index in [2.05, 4.69) is 10.0 Å². The van der Waals surface area contributed by atoms with Crippen molar-refractivity contribution in [3.05, 3.63) is 90.0 Å². The first kappa shape index (κ1) is 22.5. The lowest BCUT2D eigenvalue weighted by atomic mass is 10.1. The molecule has 0 saturated heterocycles. The van der Waals surface area contributed by atoms with Crippen molar-refractivity contribution < 1.29 is 17.9 Å². The minimum atomic E-state index is -3.70. The van der Waals surface area contributed by atoms with Crippen molar-refractivity contribution >= 4 is 21.6 Å². The highest BCUT2D eigenvalue weighted by atomic mass is 32.2. The first-order valence-corrected chi connectivity index (χ1v) is 11.3. The van der Waals surface area contributed by atoms with Crippen molar-refractivity contribution in [2.24, 2.45) is 0 Å². The summed E-state index contributed by atoms with van der Waals surface area (Å²) in [5, 5.41) is 2.75. The molecular formula is C24H26N2O4S. The average Bonchev–Trinajstić information content (AvgIpc) is 2.72. The summed E-state index contributed by atoms with van der Waals surface area (Å²) in [6, 6.07) is 22.7. The number of amides is 1. The summed E-state index contributed by atoms with van der Waals surface area (Å²) in [5.74, 6) is 0.214. The zero-order chi connectivity index (χ0) is 22.5. The van der Waals surface area contributed by atoms with Gasteiger partial charge >= 0.3 is 0 Å². The van der Waals surface area contributed by atoms with Gasteiger partial charge in [0.1, 0.15) is 12.4 Å². The van der Waals surface area contributed by atoms with Gasteiger partial charge in [0, 0.05) is 16.8 Å². The number of hydrogen-bond acceptors (Lipinski definition) is 4. The van der Waals surface area contributed by atoms with Gasteiger partial charge in [0.05, 0.1) is 4.90 Å². The van der Waals surface area contributed by atoms with Gasteiger partial charge in [-0.05, 0) is 62.7 Å². The third-order valence-electron chi connectivity index (χ3n) is 4.19. The van der Waals surface area contributed by atoms with Crippen LogP contribution < -0.4 is 14.8 Å². The van der Waals surface area contributed by atoms with Crippen LogP contribution in [0.15, 0.2) is 83.8 Å². The third kappa shape index (κ3) is 6.67. The number of ether oxygens (including phenoxy) is 1. The van der Waals surface area contributed by atoms with E-state index in [1.54, 1.807) is 57.2 Å². The molecule has 0 saturated carbocycles. The van der Waals surface area contributed by atoms with Crippen LogP contribution in [-0.4, -0.2) is 19.9 Å². The average molecular weight is 439 g/mol. The fourth-order valence-corrected chi connectivity index (χ4v) is 4.34. The second-order valence-corrected chi connectivity index (χ2v) is 9.82. The van der Waals surface area contributed by atoms with E-state index in [0.29, 0.717) is 23.6 Å². The Bertz CT molecular complexity index is 1150. The Hall–Kier alpha value is -3.16. The lowest BCUT2D eigenvalue weighted by Crippen LogP contribution is -2.40. The lowest BCUT2D eigenvalue weighted by Gasteiger charge is -2.20. The summed E-state index contributed by atoms with van der Waals surface area (Å²) in [5.41, 5.74) is 1.21. The van der Waals surface area contributed by atoms with E-state index >= 15 is 0 Å². The van der Waals surface area contributed by atoms with Crippen LogP contribution in [0.25, 0.3) is 0 Å². The highest BCUT2D eigenvalue weighted by molar-refractivity contribution is 7.89. The van der Waals surface area contributed by atoms with Crippen molar-refractivity contribution in [3.8, 4) is 5.75 Å². The second-order valence-electron chi connectivity index (χ2n) is 8.14. The zero-order valence-electron chi connectivity index (χ0n) is 17.8. The molecule has 0 aliphatic carbocycles. The zero-order valence-corrected chi connectivity index (χ0v) is 18.6. The number of anilines is 1. The molecule has 162 valence electrons. The highest BCUT2D eigenvalue weighted by Crippen LogP contribution is 2.20. The van der Waals surface area contributed by atoms with Gasteiger partial charge in [-0.25, -0.2) is 13.1 Å². The quantitative estimate of drug-likeness (QED) is 0.565. The summed E-state index contributed by atoms with van der Waals surface area (Å²) in [7, 11) is -3.70. The van der Waals surface area contributed by atoms with Crippen LogP contribution in [0, 0.1) is 0 Å². The molecule has 3 rings (SSSR count). The van der Waals surface area contributed by atoms with Crippen LogP contribution in [0.1, 0.15) is 36.7 Å². The maximum Gasteiger partial charge on any atom is 0.255 e. The molecule has 0 spiro atoms. The summed E-state index contributed by atoms with van der Waals surface area (Å²) in [6.45, 7) is 5.70. The van der Waals surface area contributed by atoms with Crippen molar-refractivity contribution in [3.63, 3.8) is 0 Å². The topological polar surface area (TPSA) is 84.5 Å². The standard InChI is InChI=1S/C24H26N2O4S/c1-24(2,3)26-31(28,29)22-14-8-12-20(16-22)25-23(27)19-11-7-13-21(15-19)30-17-18-9-5-4-6-10-18/h4-16,26H,17H2,1-3H3,(H,25,27). The summed E-state index contributed by atoms with van der Waals surface area (Å²) >= 11 is 0. The van der Waals surface area contributed by atoms with Crippen molar-refractivity contribution in [2.75, 3.05) is 5.32 Å². The first-order chi connectivity index (χ1) is 14.6. The lowest BCUT2D eigenvalue weighted by molar-refractivity contribution is 0.102. The SMILES string of the molecule is CC(C)(C)NS(=O)(=O)c1cccc(NC(=O)c2cccc(OCc3ccccc3)c2)c1. The maximum atomic E-state index is 12.7. The maximum absolute atomic E-state index is 12.7. The van der Waals surface area contributed by atoms with E-state index < -0.39 is 15.6 Å². The van der Waals surface area contributed by atoms with Gasteiger partial charge in [0.25, 0.3) is 5.91 Å². The van der Waals surface area contributed by atoms with Crippen LogP contribution >= 0.6 is 0 Å². The smallest absolute Gasteiger partial charge is 0.255 e. The molecule has 0 fully saturated rings. The molecule has 0 aliphatic heterocycles. The van der Waals surface area contributed by atoms with Crippen molar-refractivity contribution in [2.45, 2.75) is 37.8 Å². The van der Waals surface area contributed by atoms with E-state index in [4.69, 9.17) is 4.74 Å². The van der Waals surface area contributed by atoms with Gasteiger partial charge in [0.2, 0.25) is 10.0 Å². The van der Waals surface area contributed by atoms with Crippen LogP contribution in [-0.2, 0) is 16.6 Å². The predicted octanol–water partition coefficient (Wildman–Crippen LogP) is 4.59. The van der Waals surface area contributed by atoms with E-state index in [0.717, 1.165) is 5.56 Å². The number of nitrogens with one attached hydrogen (secondary N) is 2. The third-order valence-corrected chi connectivity index (χ3v) is 5.94. The Morgan fingerprint density at radius 3 is 2.32 bits per heavy atom. The summed E-state index contributed by atoms with van der Waals surface area (Å²) < 4.78 is 33.5. The molecule has 7 heteroatoms. The second kappa shape index (κ2) is 9.32. The Labute approximate surface area is 183 Å². The predicted molar refractivity (Wildman–Crippen MR) is 122 cm³/mol. The number of sulfonamides is 1. The number of hydrogen-bond donors (Lipinski definition) is 2. The molecule has 31 heavy (non-hydrogen) atoms. The highest BCUT2D eigenvalue weighted by Gasteiger charge is 2.22. The van der Waals surface area contributed by atoms with Gasteiger partial charge < -0.3 is 10.1 Å². The number of carbonyl (C=O) groups excluding carboxylic acids is 1. The van der Waals surface area contributed by atoms with Gasteiger partial charge in [0.15, 0.2) is 0 Å². The molecule has 3 aromatic rings. The van der Waals surface area contributed by atoms with Crippen LogP contribution in [0.2, 0.25) is 0 Å². The van der Waals surface area contributed by atoms with Crippen LogP contribution in [0.3, 0.4) is 0 Å². The summed E-state index contributed by atoms with van der Waals surface area (Å²) in [6.07, 6.45) is 0. The van der Waals surface area contributed by atoms with Gasteiger partial charge in [-0.2, -0.15) is 0 Å². The summed E-state index contributed by atoms with van der Waals surface area (Å²) in [4.78, 5) is 12.8. The molecule has 0 heterocycles. The molecule has 3 aromatic carbocycles. The van der Waals surface area contributed by atoms with Crippen molar-refractivity contribution in [1.29, 1.82) is 0 Å². The minimum absolute atomic E-state index is 0.0835. The molecule has 0 bridgehead atoms. The fraction of sp³-hybridized carbons (Fsp3) is 0.208. The normalized spacial score (nSPS) is 11.7. The monoisotopic (exact) mass is 438 g/mol. The number of benzene rings is 3. The Balaban J connectivity index is 1.70. The largest absolute Gasteiger partial charge is 0.489 e. The Morgan fingerprint density at radius 1 is 0.903 bits per heavy atom. The van der Waals surface area contributed by atoms with E-state index in [-0.39, 0.29) is 10.8 Å². The molecule has 0 radical (unpaired) electrons. The van der Waals surface area contributed by atoms with E-state index in [1.807, 2.05) is 30.3 Å². The van der Waals surface area contributed by atoms with Crippen LogP contribution in [0.4, 0.5) is 5.69 Å². The fourth-order valence-electron chi connectivity index (χ4n) is 2.87. The number of rotatable bonds is 7. The van der Waals surface area contributed by atoms with Crippen molar-refractivity contribution in [1.82, 2.24) is 4.72 Å². The van der Waals surface area contributed by atoms with E-state index in [9.17, 15) is 13.2 Å². The Kier molecular flexibility index (Phi) is 6.77. The molecule has 2 N–H and O–H groups in total. The molecule has 0 aromatic heterocycles. The van der Waals surface area contributed by atoms with E-state index in [1.165, 1.54) is 12.1 Å². The van der Waals surface area contributed by atoms with Gasteiger partial charge in [-0.3, -0.25) is 4.79 Å². The Morgan fingerprint density at radius 2 is 1.61 bits per heavy atom. The first-order valence-electron chi connectivity index (χ1n) is 9.85. The molecule has 0 unspecified atom stereocenters. The molecular weight excluding hydrogens is 412 g/mol. The molecule has 1 amide bonds. The van der Waals surface area contributed by atoms with Crippen LogP contribution in [0.5, 0.6) is 5.75 Å². The van der Waals surface area contributed by atoms with Gasteiger partial charge in [-0.15, -0.1) is 0 Å². The molecule has 6 nitrogen and oxygen atoms in total. The minimum Gasteiger partial charge on any atom is -0.489 e. The number of carbonyl (C=O) groups is 1.